The Labute approximate surface area is 153 Å². The number of hydrogen-bond donors (Lipinski definition) is 1. The molecule has 3 rings (SSSR count). The molecule has 1 atom stereocenters. The van der Waals surface area contributed by atoms with Gasteiger partial charge >= 0.3 is 0 Å². The molecule has 1 unspecified atom stereocenters. The largest absolute Gasteiger partial charge is 0.396 e. The van der Waals surface area contributed by atoms with Crippen LogP contribution in [0.25, 0.3) is 11.1 Å². The maximum atomic E-state index is 12.9. The van der Waals surface area contributed by atoms with Gasteiger partial charge in [-0.15, -0.1) is 0 Å². The summed E-state index contributed by atoms with van der Waals surface area (Å²) >= 11 is 0. The molecule has 2 heterocycles. The molecule has 1 fully saturated rings. The van der Waals surface area contributed by atoms with E-state index in [4.69, 9.17) is 5.11 Å². The maximum Gasteiger partial charge on any atom is 0.243 e. The first-order valence-corrected chi connectivity index (χ1v) is 9.98. The summed E-state index contributed by atoms with van der Waals surface area (Å²) in [5, 5.41) is 18.3. The Morgan fingerprint density at radius 2 is 2.15 bits per heavy atom. The fourth-order valence-corrected chi connectivity index (χ4v) is 5.01. The number of aliphatic hydroxyl groups excluding tert-OH is 1. The molecule has 0 saturated carbocycles. The van der Waals surface area contributed by atoms with Crippen LogP contribution in [0.2, 0.25) is 0 Å². The average molecular weight is 371 g/mol. The van der Waals surface area contributed by atoms with Crippen LogP contribution < -0.4 is 0 Å². The van der Waals surface area contributed by atoms with Gasteiger partial charge in [-0.2, -0.15) is 9.57 Å². The van der Waals surface area contributed by atoms with Crippen molar-refractivity contribution in [3.05, 3.63) is 47.8 Å². The summed E-state index contributed by atoms with van der Waals surface area (Å²) in [5.41, 5.74) is 2.59. The van der Waals surface area contributed by atoms with E-state index in [0.29, 0.717) is 30.8 Å². The van der Waals surface area contributed by atoms with Crippen LogP contribution in [0.5, 0.6) is 0 Å². The minimum Gasteiger partial charge on any atom is -0.396 e. The summed E-state index contributed by atoms with van der Waals surface area (Å²) in [6.45, 7) is 2.85. The molecule has 1 aliphatic heterocycles. The van der Waals surface area contributed by atoms with E-state index in [9.17, 15) is 13.7 Å². The van der Waals surface area contributed by atoms with Crippen LogP contribution in [0, 0.1) is 24.2 Å². The number of aromatic nitrogens is 1. The highest BCUT2D eigenvalue weighted by molar-refractivity contribution is 7.89. The van der Waals surface area contributed by atoms with Crippen LogP contribution in [-0.2, 0) is 10.0 Å². The molecule has 7 heteroatoms. The molecule has 1 aliphatic rings. The van der Waals surface area contributed by atoms with Crippen molar-refractivity contribution in [2.24, 2.45) is 5.92 Å². The summed E-state index contributed by atoms with van der Waals surface area (Å²) < 4.78 is 27.3. The van der Waals surface area contributed by atoms with Crippen LogP contribution in [0.1, 0.15) is 24.1 Å². The highest BCUT2D eigenvalue weighted by Gasteiger charge is 2.32. The highest BCUT2D eigenvalue weighted by atomic mass is 32.2. The second-order valence-electron chi connectivity index (χ2n) is 6.52. The molecule has 1 aromatic heterocycles. The van der Waals surface area contributed by atoms with Gasteiger partial charge in [0.15, 0.2) is 0 Å². The third-order valence-corrected chi connectivity index (χ3v) is 6.69. The summed E-state index contributed by atoms with van der Waals surface area (Å²) in [7, 11) is -3.56. The number of nitrogens with zero attached hydrogens (tertiary/aromatic N) is 3. The third kappa shape index (κ3) is 3.49. The Morgan fingerprint density at radius 3 is 2.85 bits per heavy atom. The monoisotopic (exact) mass is 371 g/mol. The van der Waals surface area contributed by atoms with Gasteiger partial charge in [0.1, 0.15) is 11.8 Å². The van der Waals surface area contributed by atoms with Crippen molar-refractivity contribution < 1.29 is 13.5 Å². The van der Waals surface area contributed by atoms with Crippen molar-refractivity contribution in [1.29, 1.82) is 5.26 Å². The third-order valence-electron chi connectivity index (χ3n) is 4.83. The van der Waals surface area contributed by atoms with Gasteiger partial charge in [0.25, 0.3) is 0 Å². The molecule has 2 aromatic rings. The van der Waals surface area contributed by atoms with Crippen molar-refractivity contribution in [2.75, 3.05) is 19.7 Å². The Kier molecular flexibility index (Phi) is 5.37. The highest BCUT2D eigenvalue weighted by Crippen LogP contribution is 2.30. The predicted molar refractivity (Wildman–Crippen MR) is 97.7 cm³/mol. The van der Waals surface area contributed by atoms with Gasteiger partial charge in [-0.3, -0.25) is 0 Å². The van der Waals surface area contributed by atoms with Gasteiger partial charge in [-0.05, 0) is 61.1 Å². The number of rotatable bonds is 5. The molecule has 0 aliphatic carbocycles. The van der Waals surface area contributed by atoms with E-state index in [2.05, 4.69) is 11.1 Å². The fourth-order valence-electron chi connectivity index (χ4n) is 3.39. The molecular formula is C19H21N3O3S. The van der Waals surface area contributed by atoms with Crippen LogP contribution in [0.4, 0.5) is 0 Å². The molecule has 0 bridgehead atoms. The second-order valence-corrected chi connectivity index (χ2v) is 8.46. The first-order chi connectivity index (χ1) is 12.5. The topological polar surface area (TPSA) is 94.3 Å². The van der Waals surface area contributed by atoms with Crippen molar-refractivity contribution in [3.8, 4) is 17.2 Å². The summed E-state index contributed by atoms with van der Waals surface area (Å²) in [4.78, 5) is 4.32. The van der Waals surface area contributed by atoms with Gasteiger partial charge in [0.2, 0.25) is 10.0 Å². The molecule has 0 spiro atoms. The standard InChI is InChI=1S/C19H21N3O3S/c1-14-11-16(26(24,25)22-9-6-15(13-22)7-10-23)4-5-17(14)18-3-2-8-21-19(18)12-20/h2-5,8,11,15,23H,6-7,9-10,13H2,1H3. The lowest BCUT2D eigenvalue weighted by Crippen LogP contribution is -2.29. The van der Waals surface area contributed by atoms with Gasteiger partial charge in [0, 0.05) is 31.5 Å². The Morgan fingerprint density at radius 1 is 1.35 bits per heavy atom. The average Bonchev–Trinajstić information content (AvgIpc) is 3.11. The zero-order chi connectivity index (χ0) is 18.7. The number of hydrogen-bond acceptors (Lipinski definition) is 5. The first-order valence-electron chi connectivity index (χ1n) is 8.54. The molecule has 1 aromatic carbocycles. The Hall–Kier alpha value is -2.27. The lowest BCUT2D eigenvalue weighted by molar-refractivity contribution is 0.259. The normalized spacial score (nSPS) is 18.0. The molecule has 0 amide bonds. The summed E-state index contributed by atoms with van der Waals surface area (Å²) in [5.74, 6) is 0.212. The number of aliphatic hydroxyl groups is 1. The number of benzene rings is 1. The second kappa shape index (κ2) is 7.54. The summed E-state index contributed by atoms with van der Waals surface area (Å²) in [6, 6.07) is 10.6. The van der Waals surface area contributed by atoms with E-state index >= 15 is 0 Å². The first kappa shape index (κ1) is 18.5. The van der Waals surface area contributed by atoms with Gasteiger partial charge < -0.3 is 5.11 Å². The smallest absolute Gasteiger partial charge is 0.243 e. The Balaban J connectivity index is 1.91. The SMILES string of the molecule is Cc1cc(S(=O)(=O)N2CCC(CCO)C2)ccc1-c1cccnc1C#N. The van der Waals surface area contributed by atoms with Crippen molar-refractivity contribution in [2.45, 2.75) is 24.7 Å². The van der Waals surface area contributed by atoms with Crippen LogP contribution >= 0.6 is 0 Å². The number of aryl methyl sites for hydroxylation is 1. The van der Waals surface area contributed by atoms with Gasteiger partial charge in [-0.1, -0.05) is 6.07 Å². The predicted octanol–water partition coefficient (Wildman–Crippen LogP) is 2.32. The van der Waals surface area contributed by atoms with E-state index in [1.807, 2.05) is 13.0 Å². The van der Waals surface area contributed by atoms with Crippen LogP contribution in [-0.4, -0.2) is 42.5 Å². The molecule has 136 valence electrons. The maximum absolute atomic E-state index is 12.9. The van der Waals surface area contributed by atoms with Crippen LogP contribution in [0.3, 0.4) is 0 Å². The molecule has 0 radical (unpaired) electrons. The van der Waals surface area contributed by atoms with E-state index in [1.165, 1.54) is 4.31 Å². The molecular weight excluding hydrogens is 350 g/mol. The number of nitriles is 1. The van der Waals surface area contributed by atoms with Crippen molar-refractivity contribution in [3.63, 3.8) is 0 Å². The van der Waals surface area contributed by atoms with Crippen LogP contribution in [0.15, 0.2) is 41.4 Å². The number of pyridine rings is 1. The zero-order valence-corrected chi connectivity index (χ0v) is 15.4. The molecule has 26 heavy (non-hydrogen) atoms. The molecule has 6 nitrogen and oxygen atoms in total. The Bertz CT molecular complexity index is 951. The minimum absolute atomic E-state index is 0.0820. The van der Waals surface area contributed by atoms with Gasteiger partial charge in [-0.25, -0.2) is 13.4 Å². The lowest BCUT2D eigenvalue weighted by atomic mass is 10.00. The van der Waals surface area contributed by atoms with E-state index in [-0.39, 0.29) is 17.4 Å². The number of sulfonamides is 1. The fraction of sp³-hybridized carbons (Fsp3) is 0.368. The van der Waals surface area contributed by atoms with Crippen molar-refractivity contribution >= 4 is 10.0 Å². The molecule has 1 N–H and O–H groups in total. The van der Waals surface area contributed by atoms with E-state index in [0.717, 1.165) is 17.5 Å². The lowest BCUT2D eigenvalue weighted by Gasteiger charge is -2.18. The summed E-state index contributed by atoms with van der Waals surface area (Å²) in [6.07, 6.45) is 2.96. The van der Waals surface area contributed by atoms with Crippen molar-refractivity contribution in [1.82, 2.24) is 9.29 Å². The zero-order valence-electron chi connectivity index (χ0n) is 14.6. The van der Waals surface area contributed by atoms with E-state index in [1.54, 1.807) is 30.5 Å². The quantitative estimate of drug-likeness (QED) is 0.870. The molecule has 1 saturated heterocycles. The van der Waals surface area contributed by atoms with Gasteiger partial charge in [0.05, 0.1) is 4.90 Å². The minimum atomic E-state index is -3.56. The van der Waals surface area contributed by atoms with E-state index < -0.39 is 10.0 Å².